The highest BCUT2D eigenvalue weighted by atomic mass is 35.5. The molecule has 8 heteroatoms. The molecule has 0 aromatic heterocycles. The Balaban J connectivity index is 2.44. The summed E-state index contributed by atoms with van der Waals surface area (Å²) in [6.45, 7) is 3.03. The smallest absolute Gasteiger partial charge is 0.256 e. The van der Waals surface area contributed by atoms with Gasteiger partial charge >= 0.3 is 0 Å². The van der Waals surface area contributed by atoms with Crippen molar-refractivity contribution in [3.05, 3.63) is 28.5 Å². The minimum Gasteiger partial charge on any atom is -0.338 e. The number of amides is 1. The summed E-state index contributed by atoms with van der Waals surface area (Å²) in [6, 6.07) is 2.04. The van der Waals surface area contributed by atoms with E-state index in [4.69, 9.17) is 16.7 Å². The lowest BCUT2D eigenvalue weighted by Gasteiger charge is -2.31. The second kappa shape index (κ2) is 5.90. The second-order valence-electron chi connectivity index (χ2n) is 5.31. The van der Waals surface area contributed by atoms with Crippen LogP contribution in [0.3, 0.4) is 0 Å². The van der Waals surface area contributed by atoms with Crippen molar-refractivity contribution >= 4 is 27.5 Å². The summed E-state index contributed by atoms with van der Waals surface area (Å²) in [4.78, 5) is 13.1. The minimum atomic E-state index is -4.28. The molecule has 0 bridgehead atoms. The summed E-state index contributed by atoms with van der Waals surface area (Å²) < 4.78 is 37.0. The molecule has 5 nitrogen and oxygen atoms in total. The van der Waals surface area contributed by atoms with Crippen LogP contribution in [0.2, 0.25) is 5.02 Å². The fourth-order valence-corrected chi connectivity index (χ4v) is 3.41. The molecule has 0 saturated carbocycles. The van der Waals surface area contributed by atoms with Gasteiger partial charge in [-0.25, -0.2) is 17.9 Å². The monoisotopic (exact) mass is 334 g/mol. The van der Waals surface area contributed by atoms with Crippen LogP contribution in [0.1, 0.15) is 30.1 Å². The standard InChI is InChI=1S/C13H16ClFN2O3S/c1-8-3-2-4-17(7-8)13(18)10-5-9(14)6-11(12(10)15)21(16,19)20/h5-6,8H,2-4,7H2,1H3,(H2,16,19,20). The van der Waals surface area contributed by atoms with Gasteiger partial charge in [0.2, 0.25) is 10.0 Å². The number of hydrogen-bond acceptors (Lipinski definition) is 3. The van der Waals surface area contributed by atoms with E-state index in [9.17, 15) is 17.6 Å². The molecule has 1 unspecified atom stereocenters. The van der Waals surface area contributed by atoms with Gasteiger partial charge in [-0.15, -0.1) is 0 Å². The van der Waals surface area contributed by atoms with Crippen molar-refractivity contribution in [1.82, 2.24) is 4.90 Å². The van der Waals surface area contributed by atoms with Gasteiger partial charge in [0.05, 0.1) is 5.56 Å². The zero-order valence-electron chi connectivity index (χ0n) is 11.5. The van der Waals surface area contributed by atoms with Crippen molar-refractivity contribution in [3.63, 3.8) is 0 Å². The van der Waals surface area contributed by atoms with Gasteiger partial charge in [-0.05, 0) is 30.9 Å². The molecule has 1 amide bonds. The molecular formula is C13H16ClFN2O3S. The normalized spacial score (nSPS) is 19.6. The highest BCUT2D eigenvalue weighted by molar-refractivity contribution is 7.89. The average Bonchev–Trinajstić information content (AvgIpc) is 2.39. The third-order valence-electron chi connectivity index (χ3n) is 3.49. The fraction of sp³-hybridized carbons (Fsp3) is 0.462. The lowest BCUT2D eigenvalue weighted by Crippen LogP contribution is -2.39. The highest BCUT2D eigenvalue weighted by Crippen LogP contribution is 2.25. The van der Waals surface area contributed by atoms with Gasteiger partial charge in [0.25, 0.3) is 5.91 Å². The zero-order chi connectivity index (χ0) is 15.8. The summed E-state index contributed by atoms with van der Waals surface area (Å²) in [5.74, 6) is -1.39. The van der Waals surface area contributed by atoms with Crippen LogP contribution in [0.4, 0.5) is 4.39 Å². The average molecular weight is 335 g/mol. The predicted octanol–water partition coefficient (Wildman–Crippen LogP) is 2.00. The van der Waals surface area contributed by atoms with Crippen molar-refractivity contribution in [1.29, 1.82) is 0 Å². The first-order valence-electron chi connectivity index (χ1n) is 6.51. The third-order valence-corrected chi connectivity index (χ3v) is 4.61. The number of likely N-dealkylation sites (tertiary alicyclic amines) is 1. The highest BCUT2D eigenvalue weighted by Gasteiger charge is 2.28. The van der Waals surface area contributed by atoms with Crippen LogP contribution in [-0.2, 0) is 10.0 Å². The van der Waals surface area contributed by atoms with Crippen molar-refractivity contribution in [2.75, 3.05) is 13.1 Å². The summed E-state index contributed by atoms with van der Waals surface area (Å²) in [5.41, 5.74) is -0.361. The van der Waals surface area contributed by atoms with Crippen LogP contribution in [0.25, 0.3) is 0 Å². The molecule has 1 aliphatic heterocycles. The van der Waals surface area contributed by atoms with E-state index in [1.54, 1.807) is 0 Å². The number of carbonyl (C=O) groups is 1. The number of primary sulfonamides is 1. The van der Waals surface area contributed by atoms with Crippen LogP contribution in [0.15, 0.2) is 17.0 Å². The Hall–Kier alpha value is -1.18. The zero-order valence-corrected chi connectivity index (χ0v) is 13.0. The number of benzene rings is 1. The van der Waals surface area contributed by atoms with Gasteiger partial charge in [0.15, 0.2) is 5.82 Å². The van der Waals surface area contributed by atoms with Crippen molar-refractivity contribution in [2.24, 2.45) is 11.1 Å². The Morgan fingerprint density at radius 2 is 2.14 bits per heavy atom. The number of halogens is 2. The molecule has 116 valence electrons. The molecule has 2 rings (SSSR count). The number of hydrogen-bond donors (Lipinski definition) is 1. The van der Waals surface area contributed by atoms with Crippen LogP contribution in [0, 0.1) is 11.7 Å². The molecule has 1 atom stereocenters. The lowest BCUT2D eigenvalue weighted by atomic mass is 9.99. The van der Waals surface area contributed by atoms with Gasteiger partial charge in [0.1, 0.15) is 4.90 Å². The SMILES string of the molecule is CC1CCCN(C(=O)c2cc(Cl)cc(S(N)(=O)=O)c2F)C1. The molecular weight excluding hydrogens is 319 g/mol. The lowest BCUT2D eigenvalue weighted by molar-refractivity contribution is 0.0677. The molecule has 1 aromatic rings. The van der Waals surface area contributed by atoms with E-state index in [2.05, 4.69) is 0 Å². The number of carbonyl (C=O) groups excluding carboxylic acids is 1. The first-order valence-corrected chi connectivity index (χ1v) is 8.43. The van der Waals surface area contributed by atoms with E-state index in [-0.39, 0.29) is 10.6 Å². The maximum absolute atomic E-state index is 14.3. The van der Waals surface area contributed by atoms with E-state index in [0.29, 0.717) is 19.0 Å². The summed E-state index contributed by atoms with van der Waals surface area (Å²) in [6.07, 6.45) is 1.83. The number of piperidine rings is 1. The number of nitrogens with zero attached hydrogens (tertiary/aromatic N) is 1. The Labute approximate surface area is 127 Å². The first kappa shape index (κ1) is 16.2. The predicted molar refractivity (Wildman–Crippen MR) is 77.1 cm³/mol. The number of rotatable bonds is 2. The Morgan fingerprint density at radius 1 is 1.48 bits per heavy atom. The van der Waals surface area contributed by atoms with E-state index in [0.717, 1.165) is 25.0 Å². The Bertz CT molecular complexity index is 678. The van der Waals surface area contributed by atoms with Crippen molar-refractivity contribution in [2.45, 2.75) is 24.7 Å². The van der Waals surface area contributed by atoms with Crippen molar-refractivity contribution < 1.29 is 17.6 Å². The van der Waals surface area contributed by atoms with Crippen molar-refractivity contribution in [3.8, 4) is 0 Å². The second-order valence-corrected chi connectivity index (χ2v) is 7.28. The summed E-state index contributed by atoms with van der Waals surface area (Å²) >= 11 is 5.78. The van der Waals surface area contributed by atoms with Crippen LogP contribution in [-0.4, -0.2) is 32.3 Å². The van der Waals surface area contributed by atoms with Crippen LogP contribution in [0.5, 0.6) is 0 Å². The Kier molecular flexibility index (Phi) is 4.55. The molecule has 0 radical (unpaired) electrons. The molecule has 1 aliphatic rings. The topological polar surface area (TPSA) is 80.5 Å². The minimum absolute atomic E-state index is 0.0474. The largest absolute Gasteiger partial charge is 0.338 e. The van der Waals surface area contributed by atoms with Gasteiger partial charge in [-0.1, -0.05) is 18.5 Å². The van der Waals surface area contributed by atoms with Crippen LogP contribution < -0.4 is 5.14 Å². The Morgan fingerprint density at radius 3 is 2.71 bits per heavy atom. The van der Waals surface area contributed by atoms with Gasteiger partial charge in [0, 0.05) is 18.1 Å². The molecule has 1 fully saturated rings. The maximum Gasteiger partial charge on any atom is 0.256 e. The molecule has 1 heterocycles. The summed E-state index contributed by atoms with van der Waals surface area (Å²) in [7, 11) is -4.28. The first-order chi connectivity index (χ1) is 9.70. The maximum atomic E-state index is 14.3. The van der Waals surface area contributed by atoms with E-state index >= 15 is 0 Å². The fourth-order valence-electron chi connectivity index (χ4n) is 2.47. The third kappa shape index (κ3) is 3.53. The molecule has 1 aromatic carbocycles. The molecule has 1 saturated heterocycles. The van der Waals surface area contributed by atoms with Gasteiger partial charge in [-0.3, -0.25) is 4.79 Å². The van der Waals surface area contributed by atoms with E-state index in [1.165, 1.54) is 4.90 Å². The summed E-state index contributed by atoms with van der Waals surface area (Å²) in [5, 5.41) is 4.90. The number of sulfonamides is 1. The van der Waals surface area contributed by atoms with E-state index < -0.39 is 26.6 Å². The van der Waals surface area contributed by atoms with Gasteiger partial charge < -0.3 is 4.90 Å². The molecule has 0 aliphatic carbocycles. The van der Waals surface area contributed by atoms with Gasteiger partial charge in [-0.2, -0.15) is 0 Å². The van der Waals surface area contributed by atoms with E-state index in [1.807, 2.05) is 6.92 Å². The van der Waals surface area contributed by atoms with Crippen LogP contribution >= 0.6 is 11.6 Å². The number of nitrogens with two attached hydrogens (primary N) is 1. The quantitative estimate of drug-likeness (QED) is 0.898. The molecule has 0 spiro atoms. The molecule has 2 N–H and O–H groups in total. The molecule has 21 heavy (non-hydrogen) atoms.